The molecule has 0 saturated carbocycles. The fraction of sp³-hybridized carbons (Fsp3) is 0.227. The number of para-hydroxylation sites is 1. The lowest BCUT2D eigenvalue weighted by Crippen LogP contribution is -2.56. The van der Waals surface area contributed by atoms with Crippen LogP contribution in [-0.4, -0.2) is 17.8 Å². The van der Waals surface area contributed by atoms with Crippen molar-refractivity contribution >= 4 is 23.5 Å². The number of hydrogen-bond donors (Lipinski definition) is 0. The van der Waals surface area contributed by atoms with E-state index in [1.165, 1.54) is 0 Å². The van der Waals surface area contributed by atoms with Crippen molar-refractivity contribution in [3.05, 3.63) is 76.9 Å². The van der Waals surface area contributed by atoms with Crippen molar-refractivity contribution in [1.82, 2.24) is 0 Å². The summed E-state index contributed by atoms with van der Waals surface area (Å²) in [6.45, 7) is 5.51. The minimum Gasteiger partial charge on any atom is -0.436 e. The Kier molecular flexibility index (Phi) is 3.77. The first-order chi connectivity index (χ1) is 12.9. The number of carbonyl (C=O) groups excluding carboxylic acids is 3. The lowest BCUT2D eigenvalue weighted by Gasteiger charge is -2.40. The Morgan fingerprint density at radius 3 is 2.22 bits per heavy atom. The summed E-state index contributed by atoms with van der Waals surface area (Å²) in [4.78, 5) is 40.5. The molecule has 2 aromatic carbocycles. The highest BCUT2D eigenvalue weighted by Crippen LogP contribution is 2.50. The van der Waals surface area contributed by atoms with Gasteiger partial charge in [0.05, 0.1) is 5.69 Å². The van der Waals surface area contributed by atoms with Crippen LogP contribution in [0.1, 0.15) is 36.7 Å². The summed E-state index contributed by atoms with van der Waals surface area (Å²) in [6.07, 6.45) is 0. The lowest BCUT2D eigenvalue weighted by molar-refractivity contribution is -0.157. The Morgan fingerprint density at radius 2 is 1.56 bits per heavy atom. The maximum atomic E-state index is 13.7. The summed E-state index contributed by atoms with van der Waals surface area (Å²) in [7, 11) is 0. The van der Waals surface area contributed by atoms with Crippen LogP contribution in [0.4, 0.5) is 5.69 Å². The van der Waals surface area contributed by atoms with E-state index in [0.717, 1.165) is 4.90 Å². The quantitative estimate of drug-likeness (QED) is 0.606. The van der Waals surface area contributed by atoms with Gasteiger partial charge in [0.1, 0.15) is 0 Å². The van der Waals surface area contributed by atoms with Crippen molar-refractivity contribution in [3.8, 4) is 0 Å². The van der Waals surface area contributed by atoms with Gasteiger partial charge in [0.15, 0.2) is 0 Å². The third-order valence-corrected chi connectivity index (χ3v) is 5.17. The summed E-state index contributed by atoms with van der Waals surface area (Å²) in [5.41, 5.74) is 0.678. The molecule has 0 N–H and O–H groups in total. The highest BCUT2D eigenvalue weighted by atomic mass is 16.6. The monoisotopic (exact) mass is 361 g/mol. The van der Waals surface area contributed by atoms with Crippen LogP contribution in [0.5, 0.6) is 0 Å². The van der Waals surface area contributed by atoms with Gasteiger partial charge in [-0.2, -0.15) is 0 Å². The molecule has 0 saturated heterocycles. The largest absolute Gasteiger partial charge is 0.436 e. The van der Waals surface area contributed by atoms with Crippen LogP contribution in [0.25, 0.3) is 0 Å². The molecular formula is C22H19NO4. The molecule has 2 aliphatic heterocycles. The molecule has 0 radical (unpaired) electrons. The Morgan fingerprint density at radius 1 is 0.926 bits per heavy atom. The molecule has 5 heteroatoms. The number of fused-ring (bicyclic) bond motifs is 2. The Hall–Kier alpha value is -3.21. The number of anilines is 1. The van der Waals surface area contributed by atoms with E-state index >= 15 is 0 Å². The van der Waals surface area contributed by atoms with Gasteiger partial charge in [-0.25, -0.2) is 9.69 Å². The number of imide groups is 1. The van der Waals surface area contributed by atoms with Gasteiger partial charge in [-0.3, -0.25) is 9.59 Å². The zero-order valence-electron chi connectivity index (χ0n) is 15.4. The van der Waals surface area contributed by atoms with Crippen molar-refractivity contribution in [2.24, 2.45) is 5.92 Å². The molecule has 0 aliphatic carbocycles. The van der Waals surface area contributed by atoms with Crippen molar-refractivity contribution in [2.75, 3.05) is 4.90 Å². The van der Waals surface area contributed by atoms with E-state index in [2.05, 4.69) is 0 Å². The summed E-state index contributed by atoms with van der Waals surface area (Å²) in [6, 6.07) is 15.6. The second-order valence-electron chi connectivity index (χ2n) is 7.09. The Labute approximate surface area is 157 Å². The second kappa shape index (κ2) is 5.91. The summed E-state index contributed by atoms with van der Waals surface area (Å²) >= 11 is 0. The molecule has 27 heavy (non-hydrogen) atoms. The summed E-state index contributed by atoms with van der Waals surface area (Å²) in [5.74, 6) is -1.61. The minimum absolute atomic E-state index is 0.112. The average Bonchev–Trinajstić information content (AvgIpc) is 2.93. The Balaban J connectivity index is 2.05. The molecule has 2 heterocycles. The number of rotatable bonds is 2. The fourth-order valence-electron chi connectivity index (χ4n) is 4.12. The van der Waals surface area contributed by atoms with Crippen LogP contribution in [0.15, 0.2) is 65.7 Å². The van der Waals surface area contributed by atoms with Crippen molar-refractivity contribution in [2.45, 2.75) is 26.4 Å². The molecular weight excluding hydrogens is 342 g/mol. The van der Waals surface area contributed by atoms with Crippen LogP contribution >= 0.6 is 0 Å². The lowest BCUT2D eigenvalue weighted by atomic mass is 9.74. The third kappa shape index (κ3) is 2.21. The van der Waals surface area contributed by atoms with Crippen LogP contribution in [-0.2, 0) is 19.9 Å². The maximum absolute atomic E-state index is 13.7. The van der Waals surface area contributed by atoms with Crippen LogP contribution in [0, 0.1) is 5.92 Å². The van der Waals surface area contributed by atoms with Gasteiger partial charge in [-0.05, 0) is 31.0 Å². The topological polar surface area (TPSA) is 63.7 Å². The molecule has 2 amide bonds. The van der Waals surface area contributed by atoms with E-state index in [9.17, 15) is 14.4 Å². The number of benzene rings is 2. The first-order valence-electron chi connectivity index (χ1n) is 8.87. The predicted molar refractivity (Wildman–Crippen MR) is 100 cm³/mol. The number of hydrogen-bond acceptors (Lipinski definition) is 4. The van der Waals surface area contributed by atoms with Gasteiger partial charge in [-0.1, -0.05) is 50.2 Å². The SMILES string of the molecule is CC1=C(C(C)C)C2(OC1=O)C(=O)N(c1ccccc1)C(=O)c1ccccc12. The first-order valence-corrected chi connectivity index (χ1v) is 8.87. The molecule has 1 atom stereocenters. The number of carbonyl (C=O) groups is 3. The summed E-state index contributed by atoms with van der Waals surface area (Å²) < 4.78 is 5.76. The molecule has 2 aliphatic rings. The van der Waals surface area contributed by atoms with Crippen LogP contribution in [0.3, 0.4) is 0 Å². The predicted octanol–water partition coefficient (Wildman–Crippen LogP) is 3.60. The Bertz CT molecular complexity index is 1010. The normalized spacial score (nSPS) is 21.9. The van der Waals surface area contributed by atoms with E-state index in [1.54, 1.807) is 55.5 Å². The molecule has 1 unspecified atom stereocenters. The number of esters is 1. The molecule has 5 nitrogen and oxygen atoms in total. The number of amides is 2. The van der Waals surface area contributed by atoms with E-state index in [0.29, 0.717) is 28.0 Å². The molecule has 136 valence electrons. The van der Waals surface area contributed by atoms with Crippen molar-refractivity contribution in [3.63, 3.8) is 0 Å². The average molecular weight is 361 g/mol. The first kappa shape index (κ1) is 17.2. The molecule has 0 bridgehead atoms. The number of ether oxygens (including phenoxy) is 1. The summed E-state index contributed by atoms with van der Waals surface area (Å²) in [5, 5.41) is 0. The second-order valence-corrected chi connectivity index (χ2v) is 7.09. The van der Waals surface area contributed by atoms with Crippen LogP contribution in [0.2, 0.25) is 0 Å². The maximum Gasteiger partial charge on any atom is 0.335 e. The van der Waals surface area contributed by atoms with E-state index in [-0.39, 0.29) is 5.92 Å². The van der Waals surface area contributed by atoms with Gasteiger partial charge < -0.3 is 4.74 Å². The number of nitrogens with zero attached hydrogens (tertiary/aromatic N) is 1. The molecule has 4 rings (SSSR count). The van der Waals surface area contributed by atoms with E-state index < -0.39 is 23.4 Å². The van der Waals surface area contributed by atoms with E-state index in [1.807, 2.05) is 19.9 Å². The third-order valence-electron chi connectivity index (χ3n) is 5.17. The molecule has 2 aromatic rings. The molecule has 0 aromatic heterocycles. The zero-order valence-corrected chi connectivity index (χ0v) is 15.4. The van der Waals surface area contributed by atoms with Gasteiger partial charge in [-0.15, -0.1) is 0 Å². The van der Waals surface area contributed by atoms with Crippen molar-refractivity contribution < 1.29 is 19.1 Å². The van der Waals surface area contributed by atoms with Crippen molar-refractivity contribution in [1.29, 1.82) is 0 Å². The zero-order chi connectivity index (χ0) is 19.3. The molecule has 0 fully saturated rings. The van der Waals surface area contributed by atoms with E-state index in [4.69, 9.17) is 4.74 Å². The minimum atomic E-state index is -1.60. The fourth-order valence-corrected chi connectivity index (χ4v) is 4.12. The standard InChI is InChI=1S/C22H19NO4/c1-13(2)18-14(3)20(25)27-22(18)17-12-8-7-11-16(17)19(24)23(21(22)26)15-9-5-4-6-10-15/h4-13H,1-3H3. The van der Waals surface area contributed by atoms with Gasteiger partial charge >= 0.3 is 5.97 Å². The highest BCUT2D eigenvalue weighted by Gasteiger charge is 2.60. The van der Waals surface area contributed by atoms with Crippen LogP contribution < -0.4 is 4.90 Å². The van der Waals surface area contributed by atoms with Gasteiger partial charge in [0.2, 0.25) is 5.60 Å². The van der Waals surface area contributed by atoms with Gasteiger partial charge in [0, 0.05) is 22.3 Å². The molecule has 1 spiro atoms. The highest BCUT2D eigenvalue weighted by molar-refractivity contribution is 6.28. The van der Waals surface area contributed by atoms with Gasteiger partial charge in [0.25, 0.3) is 11.8 Å². The smallest absolute Gasteiger partial charge is 0.335 e.